The number of amides is 1. The summed E-state index contributed by atoms with van der Waals surface area (Å²) in [6.45, 7) is 14.5. The van der Waals surface area contributed by atoms with Gasteiger partial charge >= 0.3 is 0 Å². The van der Waals surface area contributed by atoms with Crippen molar-refractivity contribution in [1.82, 2.24) is 15.5 Å². The van der Waals surface area contributed by atoms with Gasteiger partial charge in [-0.2, -0.15) is 0 Å². The molecule has 5 nitrogen and oxygen atoms in total. The fourth-order valence-electron chi connectivity index (χ4n) is 2.76. The van der Waals surface area contributed by atoms with E-state index in [0.29, 0.717) is 13.1 Å². The smallest absolute Gasteiger partial charge is 0.261 e. The third-order valence-electron chi connectivity index (χ3n) is 5.10. The molecule has 1 aliphatic rings. The molecule has 1 saturated heterocycles. The van der Waals surface area contributed by atoms with Crippen molar-refractivity contribution >= 4 is 23.2 Å². The van der Waals surface area contributed by atoms with Crippen LogP contribution in [-0.4, -0.2) is 48.5 Å². The van der Waals surface area contributed by atoms with Crippen molar-refractivity contribution in [3.8, 4) is 0 Å². The van der Waals surface area contributed by atoms with Crippen molar-refractivity contribution < 1.29 is 4.79 Å². The van der Waals surface area contributed by atoms with Crippen LogP contribution >= 0.6 is 11.3 Å². The Morgan fingerprint density at radius 2 is 2.08 bits per heavy atom. The van der Waals surface area contributed by atoms with Gasteiger partial charge in [-0.25, -0.2) is 0 Å². The monoisotopic (exact) mass is 350 g/mol. The van der Waals surface area contributed by atoms with E-state index in [1.54, 1.807) is 0 Å². The number of carbonyl (C=O) groups is 1. The van der Waals surface area contributed by atoms with Gasteiger partial charge in [0.05, 0.1) is 4.88 Å². The van der Waals surface area contributed by atoms with Gasteiger partial charge in [0.15, 0.2) is 5.96 Å². The van der Waals surface area contributed by atoms with Crippen molar-refractivity contribution in [3.05, 3.63) is 22.4 Å². The minimum Gasteiger partial charge on any atom is -0.356 e. The number of guanidine groups is 1. The largest absolute Gasteiger partial charge is 0.356 e. The van der Waals surface area contributed by atoms with Crippen LogP contribution in [0.3, 0.4) is 0 Å². The fraction of sp³-hybridized carbons (Fsp3) is 0.667. The number of hydrogen-bond acceptors (Lipinski definition) is 3. The van der Waals surface area contributed by atoms with E-state index in [1.165, 1.54) is 11.3 Å². The van der Waals surface area contributed by atoms with Crippen LogP contribution in [0.25, 0.3) is 0 Å². The molecule has 134 valence electrons. The van der Waals surface area contributed by atoms with Gasteiger partial charge in [0.1, 0.15) is 0 Å². The molecule has 2 rings (SSSR count). The molecule has 0 atom stereocenters. The predicted octanol–water partition coefficient (Wildman–Crippen LogP) is 2.95. The van der Waals surface area contributed by atoms with Crippen molar-refractivity contribution in [3.63, 3.8) is 0 Å². The number of carbonyl (C=O) groups excluding carboxylic acids is 1. The van der Waals surface area contributed by atoms with Crippen LogP contribution in [0, 0.1) is 5.41 Å². The molecular weight excluding hydrogens is 320 g/mol. The molecule has 1 fully saturated rings. The van der Waals surface area contributed by atoms with Crippen molar-refractivity contribution in [2.24, 2.45) is 10.4 Å². The molecule has 1 aliphatic heterocycles. The van der Waals surface area contributed by atoms with Crippen LogP contribution in [0.5, 0.6) is 0 Å². The maximum atomic E-state index is 11.9. The molecule has 1 aromatic heterocycles. The number of nitrogens with zero attached hydrogens (tertiary/aromatic N) is 2. The molecule has 0 unspecified atom stereocenters. The number of nitrogens with one attached hydrogen (secondary N) is 2. The Hall–Kier alpha value is -1.56. The second-order valence-corrected chi connectivity index (χ2v) is 8.30. The molecule has 2 heterocycles. The molecule has 1 aromatic rings. The summed E-state index contributed by atoms with van der Waals surface area (Å²) in [6, 6.07) is 3.73. The third kappa shape index (κ3) is 3.91. The predicted molar refractivity (Wildman–Crippen MR) is 102 cm³/mol. The van der Waals surface area contributed by atoms with Gasteiger partial charge in [0.25, 0.3) is 5.91 Å². The quantitative estimate of drug-likeness (QED) is 0.471. The molecule has 0 aromatic carbocycles. The van der Waals surface area contributed by atoms with Gasteiger partial charge in [-0.3, -0.25) is 9.79 Å². The average Bonchev–Trinajstić information content (AvgIpc) is 3.05. The summed E-state index contributed by atoms with van der Waals surface area (Å²) in [6.07, 6.45) is 0.837. The van der Waals surface area contributed by atoms with Gasteiger partial charge in [-0.1, -0.05) is 19.9 Å². The fourth-order valence-corrected chi connectivity index (χ4v) is 3.40. The van der Waals surface area contributed by atoms with Crippen LogP contribution in [-0.2, 0) is 0 Å². The Balaban J connectivity index is 1.81. The summed E-state index contributed by atoms with van der Waals surface area (Å²) < 4.78 is 0. The van der Waals surface area contributed by atoms with Gasteiger partial charge < -0.3 is 15.5 Å². The zero-order valence-electron chi connectivity index (χ0n) is 15.5. The SMILES string of the molecule is CCNC(=NCCCNC(=O)c1cccs1)N1CC(C)(C)C1(C)C. The molecule has 0 saturated carbocycles. The molecule has 6 heteroatoms. The van der Waals surface area contributed by atoms with E-state index in [2.05, 4.69) is 50.2 Å². The average molecular weight is 351 g/mol. The molecule has 0 bridgehead atoms. The second-order valence-electron chi connectivity index (χ2n) is 7.35. The highest BCUT2D eigenvalue weighted by Crippen LogP contribution is 2.46. The van der Waals surface area contributed by atoms with E-state index in [4.69, 9.17) is 4.99 Å². The number of hydrogen-bond donors (Lipinski definition) is 2. The first-order valence-electron chi connectivity index (χ1n) is 8.67. The summed E-state index contributed by atoms with van der Waals surface area (Å²) in [5.41, 5.74) is 0.388. The number of rotatable bonds is 6. The number of thiophene rings is 1. The lowest BCUT2D eigenvalue weighted by Crippen LogP contribution is -2.72. The van der Waals surface area contributed by atoms with E-state index in [9.17, 15) is 4.79 Å². The summed E-state index contributed by atoms with van der Waals surface area (Å²) in [4.78, 5) is 19.7. The maximum Gasteiger partial charge on any atom is 0.261 e. The lowest BCUT2D eigenvalue weighted by Gasteiger charge is -2.62. The molecule has 2 N–H and O–H groups in total. The van der Waals surface area contributed by atoms with Crippen LogP contribution in [0.4, 0.5) is 0 Å². The lowest BCUT2D eigenvalue weighted by atomic mass is 9.65. The molecule has 0 aliphatic carbocycles. The van der Waals surface area contributed by atoms with E-state index in [1.807, 2.05) is 17.5 Å². The highest BCUT2D eigenvalue weighted by atomic mass is 32.1. The van der Waals surface area contributed by atoms with Crippen LogP contribution < -0.4 is 10.6 Å². The number of aliphatic imine (C=N–C) groups is 1. The molecule has 1 amide bonds. The van der Waals surface area contributed by atoms with Crippen LogP contribution in [0.2, 0.25) is 0 Å². The Morgan fingerprint density at radius 1 is 1.33 bits per heavy atom. The molecule has 24 heavy (non-hydrogen) atoms. The first-order valence-corrected chi connectivity index (χ1v) is 9.55. The Morgan fingerprint density at radius 3 is 2.62 bits per heavy atom. The molecule has 0 spiro atoms. The summed E-state index contributed by atoms with van der Waals surface area (Å²) in [7, 11) is 0. The minimum absolute atomic E-state index is 0.00603. The first-order chi connectivity index (χ1) is 11.3. The normalized spacial score (nSPS) is 18.9. The van der Waals surface area contributed by atoms with E-state index in [-0.39, 0.29) is 16.9 Å². The molecular formula is C18H30N4OS. The standard InChI is InChI=1S/C18H30N4OS/c1-6-19-16(22-13-17(2,3)18(22,4)5)21-11-8-10-20-15(23)14-9-7-12-24-14/h7,9,12H,6,8,10-11,13H2,1-5H3,(H,19,21)(H,20,23). The minimum atomic E-state index is 0.00603. The van der Waals surface area contributed by atoms with Crippen LogP contribution in [0.15, 0.2) is 22.5 Å². The van der Waals surface area contributed by atoms with E-state index in [0.717, 1.165) is 30.3 Å². The highest BCUT2D eigenvalue weighted by Gasteiger charge is 2.53. The topological polar surface area (TPSA) is 56.7 Å². The van der Waals surface area contributed by atoms with Gasteiger partial charge in [-0.05, 0) is 38.6 Å². The van der Waals surface area contributed by atoms with Crippen molar-refractivity contribution in [2.75, 3.05) is 26.2 Å². The summed E-state index contributed by atoms with van der Waals surface area (Å²) in [5, 5.41) is 8.25. The van der Waals surface area contributed by atoms with Gasteiger partial charge in [0.2, 0.25) is 0 Å². The summed E-state index contributed by atoms with van der Waals surface area (Å²) in [5.74, 6) is 0.984. The van der Waals surface area contributed by atoms with Crippen molar-refractivity contribution in [1.29, 1.82) is 0 Å². The third-order valence-corrected chi connectivity index (χ3v) is 5.97. The zero-order valence-corrected chi connectivity index (χ0v) is 16.3. The van der Waals surface area contributed by atoms with E-state index >= 15 is 0 Å². The summed E-state index contributed by atoms with van der Waals surface area (Å²) >= 11 is 1.46. The van der Waals surface area contributed by atoms with Crippen molar-refractivity contribution in [2.45, 2.75) is 46.6 Å². The lowest BCUT2D eigenvalue weighted by molar-refractivity contribution is -0.0667. The molecule has 0 radical (unpaired) electrons. The Labute approximate surface area is 149 Å². The second kappa shape index (κ2) is 7.55. The van der Waals surface area contributed by atoms with Crippen LogP contribution in [0.1, 0.15) is 50.7 Å². The van der Waals surface area contributed by atoms with Gasteiger partial charge in [-0.15, -0.1) is 11.3 Å². The van der Waals surface area contributed by atoms with Gasteiger partial charge in [0, 0.05) is 37.1 Å². The zero-order chi connectivity index (χ0) is 17.8. The Bertz CT molecular complexity index is 578. The first kappa shape index (κ1) is 18.8. The maximum absolute atomic E-state index is 11.9. The Kier molecular flexibility index (Phi) is 5.91. The van der Waals surface area contributed by atoms with E-state index < -0.39 is 0 Å². The number of likely N-dealkylation sites (tertiary alicyclic amines) is 1. The highest BCUT2D eigenvalue weighted by molar-refractivity contribution is 7.12.